The van der Waals surface area contributed by atoms with Gasteiger partial charge in [0.1, 0.15) is 11.1 Å². The summed E-state index contributed by atoms with van der Waals surface area (Å²) in [5.41, 5.74) is 2.19. The molecule has 0 spiro atoms. The van der Waals surface area contributed by atoms with Crippen LogP contribution in [0.1, 0.15) is 36.6 Å². The van der Waals surface area contributed by atoms with Crippen LogP contribution in [-0.4, -0.2) is 10.1 Å². The van der Waals surface area contributed by atoms with Crippen molar-refractivity contribution in [1.82, 2.24) is 10.1 Å². The summed E-state index contributed by atoms with van der Waals surface area (Å²) in [5.74, 6) is 0.426. The Bertz CT molecular complexity index is 563. The minimum Gasteiger partial charge on any atom is -0.337 e. The van der Waals surface area contributed by atoms with Crippen molar-refractivity contribution in [3.8, 4) is 0 Å². The molecule has 0 amide bonds. The summed E-state index contributed by atoms with van der Waals surface area (Å²) >= 11 is 0. The maximum absolute atomic E-state index is 11.8. The van der Waals surface area contributed by atoms with Crippen LogP contribution in [0.25, 0.3) is 11.1 Å². The molecule has 1 saturated carbocycles. The van der Waals surface area contributed by atoms with E-state index in [0.29, 0.717) is 17.0 Å². The average Bonchev–Trinajstić information content (AvgIpc) is 2.45. The fourth-order valence-electron chi connectivity index (χ4n) is 2.07. The lowest BCUT2D eigenvalue weighted by atomic mass is 9.82. The first kappa shape index (κ1) is 8.71. The zero-order valence-corrected chi connectivity index (χ0v) is 8.54. The van der Waals surface area contributed by atoms with Crippen LogP contribution in [0.15, 0.2) is 15.4 Å². The second-order valence-corrected chi connectivity index (χ2v) is 4.22. The molecule has 15 heavy (non-hydrogen) atoms. The molecule has 0 radical (unpaired) electrons. The molecule has 0 unspecified atom stereocenters. The van der Waals surface area contributed by atoms with Gasteiger partial charge in [0.25, 0.3) is 0 Å². The van der Waals surface area contributed by atoms with E-state index < -0.39 is 0 Å². The van der Waals surface area contributed by atoms with Crippen molar-refractivity contribution in [3.63, 3.8) is 0 Å². The molecular formula is C11H12N2O2. The Labute approximate surface area is 86.3 Å². The van der Waals surface area contributed by atoms with Crippen LogP contribution in [-0.2, 0) is 0 Å². The van der Waals surface area contributed by atoms with Gasteiger partial charge in [-0.05, 0) is 19.8 Å². The zero-order valence-electron chi connectivity index (χ0n) is 8.54. The summed E-state index contributed by atoms with van der Waals surface area (Å²) in [6.07, 6.45) is 3.46. The number of aromatic amines is 1. The first-order chi connectivity index (χ1) is 7.25. The number of H-pyrrole nitrogens is 1. The van der Waals surface area contributed by atoms with Crippen molar-refractivity contribution in [3.05, 3.63) is 27.7 Å². The number of pyridine rings is 1. The summed E-state index contributed by atoms with van der Waals surface area (Å²) in [6.45, 7) is 1.84. The van der Waals surface area contributed by atoms with E-state index in [1.54, 1.807) is 6.07 Å². The lowest BCUT2D eigenvalue weighted by Crippen LogP contribution is -2.12. The van der Waals surface area contributed by atoms with Crippen LogP contribution in [0.4, 0.5) is 0 Å². The van der Waals surface area contributed by atoms with Gasteiger partial charge in [0.2, 0.25) is 5.71 Å². The number of aryl methyl sites for hydroxylation is 1. The molecule has 0 saturated heterocycles. The van der Waals surface area contributed by atoms with E-state index in [0.717, 1.165) is 24.2 Å². The minimum absolute atomic E-state index is 0.0180. The second-order valence-electron chi connectivity index (χ2n) is 4.22. The smallest absolute Gasteiger partial charge is 0.240 e. The Morgan fingerprint density at radius 3 is 3.00 bits per heavy atom. The molecule has 2 aromatic rings. The molecule has 2 aromatic heterocycles. The van der Waals surface area contributed by atoms with Crippen LogP contribution >= 0.6 is 0 Å². The molecule has 1 aliphatic carbocycles. The minimum atomic E-state index is 0.0180. The molecule has 4 nitrogen and oxygen atoms in total. The van der Waals surface area contributed by atoms with Gasteiger partial charge in [-0.1, -0.05) is 11.6 Å². The lowest BCUT2D eigenvalue weighted by molar-refractivity contribution is 0.373. The summed E-state index contributed by atoms with van der Waals surface area (Å²) in [4.78, 5) is 14.8. The third-order valence-electron chi connectivity index (χ3n) is 3.12. The van der Waals surface area contributed by atoms with Crippen LogP contribution in [0.3, 0.4) is 0 Å². The molecule has 0 atom stereocenters. The number of aromatic nitrogens is 2. The van der Waals surface area contributed by atoms with Gasteiger partial charge in [0.15, 0.2) is 5.43 Å². The highest BCUT2D eigenvalue weighted by atomic mass is 16.5. The summed E-state index contributed by atoms with van der Waals surface area (Å²) < 4.78 is 5.16. The third kappa shape index (κ3) is 1.21. The maximum atomic E-state index is 11.8. The molecule has 4 heteroatoms. The van der Waals surface area contributed by atoms with E-state index in [2.05, 4.69) is 10.1 Å². The van der Waals surface area contributed by atoms with Crippen LogP contribution < -0.4 is 5.43 Å². The van der Waals surface area contributed by atoms with E-state index >= 15 is 0 Å². The van der Waals surface area contributed by atoms with Gasteiger partial charge < -0.3 is 9.51 Å². The molecule has 0 aliphatic heterocycles. The van der Waals surface area contributed by atoms with Gasteiger partial charge in [-0.2, -0.15) is 0 Å². The summed E-state index contributed by atoms with van der Waals surface area (Å²) in [5, 5.41) is 4.66. The van der Waals surface area contributed by atoms with Gasteiger partial charge in [-0.15, -0.1) is 0 Å². The van der Waals surface area contributed by atoms with Gasteiger partial charge in [-0.3, -0.25) is 4.79 Å². The second kappa shape index (κ2) is 2.95. The summed E-state index contributed by atoms with van der Waals surface area (Å²) in [7, 11) is 0. The zero-order chi connectivity index (χ0) is 10.4. The molecule has 3 rings (SSSR count). The molecule has 78 valence electrons. The number of nitrogens with zero attached hydrogens (tertiary/aromatic N) is 1. The standard InChI is InChI=1S/C11H12N2O2/c1-6-5-8(14)9-10(7-3-2-4-7)13-15-11(9)12-6/h5,7H,2-4H2,1H3,(H,12,14). The van der Waals surface area contributed by atoms with Crippen molar-refractivity contribution in [1.29, 1.82) is 0 Å². The Balaban J connectivity index is 2.28. The topological polar surface area (TPSA) is 58.9 Å². The highest BCUT2D eigenvalue weighted by molar-refractivity contribution is 5.76. The first-order valence-corrected chi connectivity index (χ1v) is 5.25. The van der Waals surface area contributed by atoms with Gasteiger partial charge in [0, 0.05) is 17.7 Å². The predicted octanol–water partition coefficient (Wildman–Crippen LogP) is 2.09. The van der Waals surface area contributed by atoms with Crippen molar-refractivity contribution >= 4 is 11.1 Å². The average molecular weight is 204 g/mol. The van der Waals surface area contributed by atoms with Crippen LogP contribution in [0.2, 0.25) is 0 Å². The third-order valence-corrected chi connectivity index (χ3v) is 3.12. The molecule has 0 bridgehead atoms. The van der Waals surface area contributed by atoms with E-state index in [4.69, 9.17) is 4.52 Å². The largest absolute Gasteiger partial charge is 0.337 e. The number of hydrogen-bond donors (Lipinski definition) is 1. The van der Waals surface area contributed by atoms with Crippen molar-refractivity contribution in [2.75, 3.05) is 0 Å². The van der Waals surface area contributed by atoms with E-state index in [1.807, 2.05) is 6.92 Å². The lowest BCUT2D eigenvalue weighted by Gasteiger charge is -2.22. The Morgan fingerprint density at radius 1 is 1.53 bits per heavy atom. The normalized spacial score (nSPS) is 16.9. The number of rotatable bonds is 1. The number of fused-ring (bicyclic) bond motifs is 1. The predicted molar refractivity (Wildman–Crippen MR) is 56.0 cm³/mol. The first-order valence-electron chi connectivity index (χ1n) is 5.25. The highest BCUT2D eigenvalue weighted by Gasteiger charge is 2.26. The molecule has 0 aromatic carbocycles. The SMILES string of the molecule is Cc1cc(=O)c2c(C3CCC3)noc2[nH]1. The van der Waals surface area contributed by atoms with E-state index in [9.17, 15) is 4.79 Å². The number of hydrogen-bond acceptors (Lipinski definition) is 3. The molecule has 2 heterocycles. The van der Waals surface area contributed by atoms with Crippen molar-refractivity contribution in [2.24, 2.45) is 0 Å². The summed E-state index contributed by atoms with van der Waals surface area (Å²) in [6, 6.07) is 1.60. The van der Waals surface area contributed by atoms with E-state index in [1.165, 1.54) is 6.42 Å². The van der Waals surface area contributed by atoms with Gasteiger partial charge in [-0.25, -0.2) is 0 Å². The Morgan fingerprint density at radius 2 is 2.33 bits per heavy atom. The molecule has 1 N–H and O–H groups in total. The van der Waals surface area contributed by atoms with Gasteiger partial charge >= 0.3 is 0 Å². The van der Waals surface area contributed by atoms with Crippen molar-refractivity contribution in [2.45, 2.75) is 32.1 Å². The molecule has 1 fully saturated rings. The Hall–Kier alpha value is -1.58. The fourth-order valence-corrected chi connectivity index (χ4v) is 2.07. The molecular weight excluding hydrogens is 192 g/mol. The van der Waals surface area contributed by atoms with Crippen molar-refractivity contribution < 1.29 is 4.52 Å². The van der Waals surface area contributed by atoms with Gasteiger partial charge in [0.05, 0.1) is 0 Å². The van der Waals surface area contributed by atoms with Crippen LogP contribution in [0, 0.1) is 6.92 Å². The Kier molecular flexibility index (Phi) is 1.71. The van der Waals surface area contributed by atoms with E-state index in [-0.39, 0.29) is 5.43 Å². The highest BCUT2D eigenvalue weighted by Crippen LogP contribution is 2.37. The monoisotopic (exact) mass is 204 g/mol. The number of nitrogens with one attached hydrogen (secondary N) is 1. The quantitative estimate of drug-likeness (QED) is 0.773. The maximum Gasteiger partial charge on any atom is 0.240 e. The fraction of sp³-hybridized carbons (Fsp3) is 0.455. The van der Waals surface area contributed by atoms with Crippen LogP contribution in [0.5, 0.6) is 0 Å². The molecule has 1 aliphatic rings.